The van der Waals surface area contributed by atoms with E-state index in [0.717, 1.165) is 30.7 Å². The molecule has 4 fully saturated rings. The molecule has 1 unspecified atom stereocenters. The van der Waals surface area contributed by atoms with E-state index in [1.165, 1.54) is 44.3 Å². The Morgan fingerprint density at radius 1 is 1.24 bits per heavy atom. The normalized spacial score (nSPS) is 38.9. The summed E-state index contributed by atoms with van der Waals surface area (Å²) in [5.74, 6) is 4.35. The Hall–Kier alpha value is -0.830. The Morgan fingerprint density at radius 3 is 2.38 bits per heavy atom. The summed E-state index contributed by atoms with van der Waals surface area (Å²) in [6, 6.07) is 0.672. The number of nitrogens with zero attached hydrogens (tertiary/aromatic N) is 2. The Bertz CT molecular complexity index is 469. The number of imidazole rings is 1. The molecule has 21 heavy (non-hydrogen) atoms. The molecule has 1 aromatic heterocycles. The fraction of sp³-hybridized carbons (Fsp3) is 0.833. The van der Waals surface area contributed by atoms with Crippen LogP contribution >= 0.6 is 0 Å². The molecule has 0 amide bonds. The van der Waals surface area contributed by atoms with Gasteiger partial charge in [0, 0.05) is 38.4 Å². The van der Waals surface area contributed by atoms with Crippen molar-refractivity contribution in [2.24, 2.45) is 30.2 Å². The fourth-order valence-electron chi connectivity index (χ4n) is 5.96. The molecule has 4 aliphatic carbocycles. The lowest BCUT2D eigenvalue weighted by Crippen LogP contribution is -2.55. The van der Waals surface area contributed by atoms with Crippen molar-refractivity contribution in [1.82, 2.24) is 14.9 Å². The Morgan fingerprint density at radius 2 is 1.86 bits per heavy atom. The predicted molar refractivity (Wildman–Crippen MR) is 85.0 cm³/mol. The third-order valence-corrected chi connectivity index (χ3v) is 6.72. The third kappa shape index (κ3) is 2.44. The number of hydrogen-bond donors (Lipinski definition) is 1. The van der Waals surface area contributed by atoms with Crippen molar-refractivity contribution >= 4 is 0 Å². The highest BCUT2D eigenvalue weighted by Crippen LogP contribution is 2.61. The maximum absolute atomic E-state index is 4.43. The average Bonchev–Trinajstić information content (AvgIpc) is 2.83. The van der Waals surface area contributed by atoms with E-state index in [1.807, 2.05) is 12.4 Å². The molecule has 0 aliphatic heterocycles. The summed E-state index contributed by atoms with van der Waals surface area (Å²) in [5.41, 5.74) is 0.621. The number of aromatic nitrogens is 2. The van der Waals surface area contributed by atoms with Gasteiger partial charge in [-0.05, 0) is 68.6 Å². The molecule has 0 spiro atoms. The van der Waals surface area contributed by atoms with Crippen LogP contribution in [0.1, 0.15) is 51.3 Å². The summed E-state index contributed by atoms with van der Waals surface area (Å²) in [6.07, 6.45) is 14.1. The molecule has 1 aromatic rings. The zero-order chi connectivity index (χ0) is 14.4. The van der Waals surface area contributed by atoms with E-state index in [2.05, 4.69) is 28.8 Å². The summed E-state index contributed by atoms with van der Waals surface area (Å²) in [7, 11) is 2.09. The fourth-order valence-corrected chi connectivity index (χ4v) is 5.96. The summed E-state index contributed by atoms with van der Waals surface area (Å²) >= 11 is 0. The molecule has 0 saturated heterocycles. The third-order valence-electron chi connectivity index (χ3n) is 6.72. The van der Waals surface area contributed by atoms with Gasteiger partial charge in [-0.25, -0.2) is 4.98 Å². The second-order valence-electron chi connectivity index (χ2n) is 8.16. The topological polar surface area (TPSA) is 29.9 Å². The van der Waals surface area contributed by atoms with Crippen molar-refractivity contribution < 1.29 is 0 Å². The maximum Gasteiger partial charge on any atom is 0.109 e. The van der Waals surface area contributed by atoms with Crippen LogP contribution in [0.4, 0.5) is 0 Å². The molecule has 4 saturated carbocycles. The maximum atomic E-state index is 4.43. The van der Waals surface area contributed by atoms with Crippen molar-refractivity contribution in [2.75, 3.05) is 6.54 Å². The highest BCUT2D eigenvalue weighted by atomic mass is 15.0. The van der Waals surface area contributed by atoms with Crippen LogP contribution in [-0.4, -0.2) is 22.1 Å². The highest BCUT2D eigenvalue weighted by Gasteiger charge is 2.52. The van der Waals surface area contributed by atoms with Gasteiger partial charge in [0.1, 0.15) is 5.82 Å². The largest absolute Gasteiger partial charge is 0.338 e. The quantitative estimate of drug-likeness (QED) is 0.901. The Balaban J connectivity index is 1.36. The van der Waals surface area contributed by atoms with Gasteiger partial charge in [0.2, 0.25) is 0 Å². The first kappa shape index (κ1) is 13.8. The number of nitrogens with one attached hydrogen (secondary N) is 1. The molecule has 0 radical (unpaired) electrons. The summed E-state index contributed by atoms with van der Waals surface area (Å²) < 4.78 is 2.14. The summed E-state index contributed by atoms with van der Waals surface area (Å²) in [6.45, 7) is 3.51. The van der Waals surface area contributed by atoms with Gasteiger partial charge in [0.25, 0.3) is 0 Å². The van der Waals surface area contributed by atoms with Crippen LogP contribution in [0.5, 0.6) is 0 Å². The average molecular weight is 287 g/mol. The molecule has 1 N–H and O–H groups in total. The van der Waals surface area contributed by atoms with Gasteiger partial charge >= 0.3 is 0 Å². The van der Waals surface area contributed by atoms with E-state index in [0.29, 0.717) is 11.5 Å². The van der Waals surface area contributed by atoms with Gasteiger partial charge in [-0.2, -0.15) is 0 Å². The second kappa shape index (κ2) is 5.12. The van der Waals surface area contributed by atoms with E-state index in [1.54, 1.807) is 0 Å². The second-order valence-corrected chi connectivity index (χ2v) is 8.16. The van der Waals surface area contributed by atoms with Crippen molar-refractivity contribution in [1.29, 1.82) is 0 Å². The Kier molecular flexibility index (Phi) is 3.36. The number of aryl methyl sites for hydroxylation is 1. The molecule has 116 valence electrons. The van der Waals surface area contributed by atoms with Gasteiger partial charge in [0.15, 0.2) is 0 Å². The zero-order valence-electron chi connectivity index (χ0n) is 13.5. The molecule has 4 bridgehead atoms. The lowest BCUT2D eigenvalue weighted by molar-refractivity contribution is -0.0702. The van der Waals surface area contributed by atoms with E-state index in [-0.39, 0.29) is 0 Å². The molecule has 1 heterocycles. The van der Waals surface area contributed by atoms with Gasteiger partial charge in [0.05, 0.1) is 0 Å². The first-order valence-corrected chi connectivity index (χ1v) is 8.84. The molecular formula is C18H29N3. The van der Waals surface area contributed by atoms with E-state index in [4.69, 9.17) is 0 Å². The van der Waals surface area contributed by atoms with Crippen molar-refractivity contribution in [3.05, 3.63) is 18.2 Å². The van der Waals surface area contributed by atoms with Crippen LogP contribution in [0.15, 0.2) is 12.4 Å². The van der Waals surface area contributed by atoms with E-state index >= 15 is 0 Å². The van der Waals surface area contributed by atoms with Gasteiger partial charge in [-0.15, -0.1) is 0 Å². The number of hydrogen-bond acceptors (Lipinski definition) is 2. The molecule has 0 aromatic carbocycles. The zero-order valence-corrected chi connectivity index (χ0v) is 13.5. The first-order chi connectivity index (χ1) is 10.1. The molecular weight excluding hydrogens is 258 g/mol. The van der Waals surface area contributed by atoms with Gasteiger partial charge < -0.3 is 9.88 Å². The van der Waals surface area contributed by atoms with E-state index < -0.39 is 0 Å². The number of rotatable bonds is 5. The van der Waals surface area contributed by atoms with Crippen LogP contribution in [0, 0.1) is 23.2 Å². The monoisotopic (exact) mass is 287 g/mol. The van der Waals surface area contributed by atoms with E-state index in [9.17, 15) is 0 Å². The molecule has 4 aliphatic rings. The van der Waals surface area contributed by atoms with Crippen LogP contribution in [0.2, 0.25) is 0 Å². The van der Waals surface area contributed by atoms with Crippen LogP contribution in [0.25, 0.3) is 0 Å². The molecule has 3 heteroatoms. The lowest BCUT2D eigenvalue weighted by Gasteiger charge is -2.59. The molecule has 3 nitrogen and oxygen atoms in total. The van der Waals surface area contributed by atoms with Crippen molar-refractivity contribution in [3.63, 3.8) is 0 Å². The standard InChI is InChI=1S/C18H29N3/c1-13(19-4-3-17-20-5-6-21(17)2)18-10-14-7-15(11-18)9-16(8-14)12-18/h5-6,13-16,19H,3-4,7-12H2,1-2H3. The van der Waals surface area contributed by atoms with Crippen LogP contribution in [0.3, 0.4) is 0 Å². The highest BCUT2D eigenvalue weighted by molar-refractivity contribution is 5.05. The predicted octanol–water partition coefficient (Wildman–Crippen LogP) is 3.16. The first-order valence-electron chi connectivity index (χ1n) is 8.84. The van der Waals surface area contributed by atoms with Gasteiger partial charge in [-0.3, -0.25) is 0 Å². The lowest BCUT2D eigenvalue weighted by atomic mass is 9.48. The van der Waals surface area contributed by atoms with Crippen molar-refractivity contribution in [2.45, 2.75) is 57.9 Å². The minimum atomic E-state index is 0.621. The summed E-state index contributed by atoms with van der Waals surface area (Å²) in [4.78, 5) is 4.43. The minimum Gasteiger partial charge on any atom is -0.338 e. The van der Waals surface area contributed by atoms with Crippen LogP contribution in [-0.2, 0) is 13.5 Å². The molecule has 1 atom stereocenters. The van der Waals surface area contributed by atoms with Crippen LogP contribution < -0.4 is 5.32 Å². The van der Waals surface area contributed by atoms with Crippen molar-refractivity contribution in [3.8, 4) is 0 Å². The smallest absolute Gasteiger partial charge is 0.109 e. The summed E-state index contributed by atoms with van der Waals surface area (Å²) in [5, 5.41) is 3.85. The van der Waals surface area contributed by atoms with Gasteiger partial charge in [-0.1, -0.05) is 0 Å². The SMILES string of the molecule is CC(NCCc1nccn1C)C12CC3CC(CC(C3)C1)C2. The molecule has 5 rings (SSSR count). The minimum absolute atomic E-state index is 0.621. The Labute approximate surface area is 128 Å².